The lowest BCUT2D eigenvalue weighted by atomic mass is 10.1. The number of halogens is 3. The van der Waals surface area contributed by atoms with Crippen molar-refractivity contribution in [2.24, 2.45) is 0 Å². The summed E-state index contributed by atoms with van der Waals surface area (Å²) >= 11 is 1.89. The summed E-state index contributed by atoms with van der Waals surface area (Å²) in [5.41, 5.74) is 3.60. The highest BCUT2D eigenvalue weighted by Crippen LogP contribution is 2.33. The standard InChI is InChI=1S/C29H25F3N6O2S/c30-29(31,32)21-5-1-18(2-6-21)19-3-7-24(33-15-19)28(39)36-25-8-4-20(16-34-25)26-35-23-9-14-41-17-22(23)27(37-26)38-10-12-40-13-11-38/h1-8,15-16H,9-14,17H2,(H,34,36,39). The number of hydrogen-bond acceptors (Lipinski definition) is 8. The smallest absolute Gasteiger partial charge is 0.378 e. The molecule has 0 atom stereocenters. The van der Waals surface area contributed by atoms with Crippen molar-refractivity contribution in [1.82, 2.24) is 19.9 Å². The monoisotopic (exact) mass is 578 g/mol. The Hall–Kier alpha value is -4.03. The van der Waals surface area contributed by atoms with Gasteiger partial charge in [0.15, 0.2) is 5.82 Å². The summed E-state index contributed by atoms with van der Waals surface area (Å²) in [6.45, 7) is 2.92. The number of carbonyl (C=O) groups is 1. The Morgan fingerprint density at radius 1 is 0.902 bits per heavy atom. The molecule has 0 saturated carbocycles. The first-order valence-electron chi connectivity index (χ1n) is 13.1. The lowest BCUT2D eigenvalue weighted by Crippen LogP contribution is -2.38. The Kier molecular flexibility index (Phi) is 7.59. The number of morpholine rings is 1. The largest absolute Gasteiger partial charge is 0.416 e. The third-order valence-corrected chi connectivity index (χ3v) is 7.90. The number of amides is 1. The van der Waals surface area contributed by atoms with E-state index in [0.29, 0.717) is 36.0 Å². The number of carbonyl (C=O) groups excluding carboxylic acids is 1. The summed E-state index contributed by atoms with van der Waals surface area (Å²) in [6, 6.07) is 11.5. The summed E-state index contributed by atoms with van der Waals surface area (Å²) in [7, 11) is 0. The van der Waals surface area contributed by atoms with Crippen LogP contribution in [0.5, 0.6) is 0 Å². The number of rotatable bonds is 5. The highest BCUT2D eigenvalue weighted by molar-refractivity contribution is 7.98. The summed E-state index contributed by atoms with van der Waals surface area (Å²) in [6.07, 6.45) is -0.423. The molecule has 1 N–H and O–H groups in total. The van der Waals surface area contributed by atoms with E-state index in [-0.39, 0.29) is 5.69 Å². The first-order valence-corrected chi connectivity index (χ1v) is 14.2. The summed E-state index contributed by atoms with van der Waals surface area (Å²) in [4.78, 5) is 33.4. The van der Waals surface area contributed by atoms with Gasteiger partial charge in [-0.1, -0.05) is 18.2 Å². The van der Waals surface area contributed by atoms with Crippen molar-refractivity contribution >= 4 is 29.3 Å². The fourth-order valence-corrected chi connectivity index (χ4v) is 5.69. The first-order chi connectivity index (χ1) is 19.8. The van der Waals surface area contributed by atoms with Crippen LogP contribution in [-0.4, -0.2) is 57.9 Å². The van der Waals surface area contributed by atoms with Crippen LogP contribution in [0, 0.1) is 0 Å². The van der Waals surface area contributed by atoms with Crippen molar-refractivity contribution in [3.05, 3.63) is 83.4 Å². The molecule has 4 aromatic rings. The van der Waals surface area contributed by atoms with Crippen LogP contribution in [0.4, 0.5) is 24.8 Å². The van der Waals surface area contributed by atoms with E-state index in [1.54, 1.807) is 18.3 Å². The summed E-state index contributed by atoms with van der Waals surface area (Å²) in [5.74, 6) is 3.36. The lowest BCUT2D eigenvalue weighted by molar-refractivity contribution is -0.137. The van der Waals surface area contributed by atoms with Crippen molar-refractivity contribution in [2.45, 2.75) is 18.3 Å². The quantitative estimate of drug-likeness (QED) is 0.332. The van der Waals surface area contributed by atoms with Crippen LogP contribution in [0.2, 0.25) is 0 Å². The number of thioether (sulfide) groups is 1. The van der Waals surface area contributed by atoms with Crippen molar-refractivity contribution in [2.75, 3.05) is 42.3 Å². The molecule has 41 heavy (non-hydrogen) atoms. The third-order valence-electron chi connectivity index (χ3n) is 6.92. The molecule has 1 saturated heterocycles. The topological polar surface area (TPSA) is 93.1 Å². The predicted molar refractivity (Wildman–Crippen MR) is 151 cm³/mol. The van der Waals surface area contributed by atoms with E-state index in [4.69, 9.17) is 14.7 Å². The molecule has 12 heteroatoms. The number of aryl methyl sites for hydroxylation is 1. The maximum absolute atomic E-state index is 12.8. The van der Waals surface area contributed by atoms with E-state index < -0.39 is 17.6 Å². The van der Waals surface area contributed by atoms with Crippen LogP contribution in [0.1, 0.15) is 27.3 Å². The van der Waals surface area contributed by atoms with E-state index in [1.165, 1.54) is 30.0 Å². The van der Waals surface area contributed by atoms with Gasteiger partial charge in [0.05, 0.1) is 24.5 Å². The molecule has 0 radical (unpaired) electrons. The molecule has 0 aliphatic carbocycles. The van der Waals surface area contributed by atoms with Gasteiger partial charge < -0.3 is 15.0 Å². The van der Waals surface area contributed by atoms with Gasteiger partial charge in [0.2, 0.25) is 0 Å². The van der Waals surface area contributed by atoms with E-state index in [9.17, 15) is 18.0 Å². The van der Waals surface area contributed by atoms with Gasteiger partial charge in [0.25, 0.3) is 5.91 Å². The van der Waals surface area contributed by atoms with Crippen LogP contribution in [0.15, 0.2) is 60.9 Å². The molecule has 8 nitrogen and oxygen atoms in total. The minimum absolute atomic E-state index is 0.151. The molecule has 6 rings (SSSR count). The Bertz CT molecular complexity index is 1540. The van der Waals surface area contributed by atoms with Gasteiger partial charge in [-0.3, -0.25) is 9.78 Å². The molecule has 0 unspecified atom stereocenters. The van der Waals surface area contributed by atoms with Gasteiger partial charge in [-0.2, -0.15) is 24.9 Å². The van der Waals surface area contributed by atoms with E-state index in [0.717, 1.165) is 60.2 Å². The number of aromatic nitrogens is 4. The number of hydrogen-bond donors (Lipinski definition) is 1. The number of alkyl halides is 3. The Labute approximate surface area is 238 Å². The Morgan fingerprint density at radius 3 is 2.32 bits per heavy atom. The van der Waals surface area contributed by atoms with Gasteiger partial charge in [0, 0.05) is 47.9 Å². The van der Waals surface area contributed by atoms with Crippen molar-refractivity contribution in [3.63, 3.8) is 0 Å². The van der Waals surface area contributed by atoms with Gasteiger partial charge in [-0.05, 0) is 48.1 Å². The number of benzene rings is 1. The fraction of sp³-hybridized carbons (Fsp3) is 0.276. The van der Waals surface area contributed by atoms with E-state index >= 15 is 0 Å². The molecule has 1 amide bonds. The minimum Gasteiger partial charge on any atom is -0.378 e. The third kappa shape index (κ3) is 6.03. The zero-order valence-electron chi connectivity index (χ0n) is 21.8. The Balaban J connectivity index is 1.16. The van der Waals surface area contributed by atoms with Crippen LogP contribution in [-0.2, 0) is 23.1 Å². The van der Waals surface area contributed by atoms with Gasteiger partial charge in [-0.25, -0.2) is 15.0 Å². The maximum Gasteiger partial charge on any atom is 0.416 e. The molecule has 0 bridgehead atoms. The normalized spacial score (nSPS) is 15.3. The molecule has 3 aromatic heterocycles. The molecule has 2 aliphatic heterocycles. The number of nitrogens with zero attached hydrogens (tertiary/aromatic N) is 5. The summed E-state index contributed by atoms with van der Waals surface area (Å²) < 4.78 is 44.0. The van der Waals surface area contributed by atoms with Crippen molar-refractivity contribution in [1.29, 1.82) is 0 Å². The zero-order chi connectivity index (χ0) is 28.4. The van der Waals surface area contributed by atoms with E-state index in [1.807, 2.05) is 17.8 Å². The second kappa shape index (κ2) is 11.5. The molecule has 5 heterocycles. The van der Waals surface area contributed by atoms with Crippen molar-refractivity contribution in [3.8, 4) is 22.5 Å². The molecule has 210 valence electrons. The molecule has 1 aromatic carbocycles. The molecular formula is C29H25F3N6O2S. The van der Waals surface area contributed by atoms with Crippen LogP contribution >= 0.6 is 11.8 Å². The molecular weight excluding hydrogens is 553 g/mol. The zero-order valence-corrected chi connectivity index (χ0v) is 22.6. The SMILES string of the molecule is O=C(Nc1ccc(-c2nc3c(c(N4CCOCC4)n2)CSCC3)cn1)c1ccc(-c2ccc(C(F)(F)F)cc2)cn1. The second-order valence-electron chi connectivity index (χ2n) is 9.59. The number of nitrogens with one attached hydrogen (secondary N) is 1. The van der Waals surface area contributed by atoms with Crippen LogP contribution in [0.3, 0.4) is 0 Å². The molecule has 0 spiro atoms. The number of pyridine rings is 2. The molecule has 1 fully saturated rings. The molecule has 2 aliphatic rings. The number of anilines is 2. The van der Waals surface area contributed by atoms with Gasteiger partial charge in [0.1, 0.15) is 17.3 Å². The highest BCUT2D eigenvalue weighted by Gasteiger charge is 2.30. The minimum atomic E-state index is -4.40. The maximum atomic E-state index is 12.8. The number of fused-ring (bicyclic) bond motifs is 1. The Morgan fingerprint density at radius 2 is 1.63 bits per heavy atom. The summed E-state index contributed by atoms with van der Waals surface area (Å²) in [5, 5.41) is 2.73. The fourth-order valence-electron chi connectivity index (χ4n) is 4.71. The van der Waals surface area contributed by atoms with Crippen LogP contribution < -0.4 is 10.2 Å². The average Bonchev–Trinajstić information content (AvgIpc) is 3.01. The first kappa shape index (κ1) is 27.2. The van der Waals surface area contributed by atoms with Gasteiger partial charge >= 0.3 is 6.18 Å². The van der Waals surface area contributed by atoms with Crippen molar-refractivity contribution < 1.29 is 22.7 Å². The lowest BCUT2D eigenvalue weighted by Gasteiger charge is -2.31. The predicted octanol–water partition coefficient (Wildman–Crippen LogP) is 5.50. The van der Waals surface area contributed by atoms with Crippen LogP contribution in [0.25, 0.3) is 22.5 Å². The second-order valence-corrected chi connectivity index (χ2v) is 10.7. The average molecular weight is 579 g/mol. The highest BCUT2D eigenvalue weighted by atomic mass is 32.2. The van der Waals surface area contributed by atoms with Gasteiger partial charge in [-0.15, -0.1) is 0 Å². The number of ether oxygens (including phenoxy) is 1. The van der Waals surface area contributed by atoms with E-state index in [2.05, 4.69) is 20.2 Å².